The maximum Gasteiger partial charge on any atom is 0.180 e. The van der Waals surface area contributed by atoms with Crippen molar-refractivity contribution in [1.82, 2.24) is 10.7 Å². The first-order chi connectivity index (χ1) is 5.77. The molecule has 63 valence electrons. The van der Waals surface area contributed by atoms with Crippen molar-refractivity contribution in [2.75, 3.05) is 0 Å². The molecule has 1 heterocycles. The van der Waals surface area contributed by atoms with Gasteiger partial charge >= 0.3 is 0 Å². The molecule has 1 aromatic rings. The van der Waals surface area contributed by atoms with Gasteiger partial charge < -0.3 is 0 Å². The Hall–Kier alpha value is -1.22. The lowest BCUT2D eigenvalue weighted by Crippen LogP contribution is -2.00. The van der Waals surface area contributed by atoms with E-state index in [2.05, 4.69) is 4.98 Å². The number of nitrogens with zero attached hydrogens (tertiary/aromatic N) is 1. The van der Waals surface area contributed by atoms with Crippen LogP contribution >= 0.6 is 0 Å². The average Bonchev–Trinajstić information content (AvgIpc) is 2.17. The number of nitrogens with one attached hydrogen (secondary N) is 1. The molecule has 0 aliphatic carbocycles. The van der Waals surface area contributed by atoms with Crippen LogP contribution in [0.4, 0.5) is 0 Å². The summed E-state index contributed by atoms with van der Waals surface area (Å²) in [5.74, 6) is 0.0477. The van der Waals surface area contributed by atoms with Crippen LogP contribution in [0.25, 0.3) is 0 Å². The summed E-state index contributed by atoms with van der Waals surface area (Å²) < 4.78 is 0. The highest BCUT2D eigenvalue weighted by Gasteiger charge is 2.02. The van der Waals surface area contributed by atoms with Crippen LogP contribution in [-0.4, -0.2) is 10.8 Å². The first kappa shape index (κ1) is 8.87. The lowest BCUT2D eigenvalue weighted by atomic mass is 10.2. The zero-order valence-corrected chi connectivity index (χ0v) is 7.00. The predicted octanol–water partition coefficient (Wildman–Crippen LogP) is 1.46. The highest BCUT2D eigenvalue weighted by atomic mass is 16.1. The third kappa shape index (κ3) is 1.89. The van der Waals surface area contributed by atoms with Crippen molar-refractivity contribution in [1.29, 1.82) is 0 Å². The van der Waals surface area contributed by atoms with E-state index in [1.807, 2.05) is 6.92 Å². The second-order valence-corrected chi connectivity index (χ2v) is 2.51. The number of aromatic nitrogens is 1. The van der Waals surface area contributed by atoms with Gasteiger partial charge in [0.25, 0.3) is 0 Å². The van der Waals surface area contributed by atoms with Gasteiger partial charge in [0.15, 0.2) is 5.78 Å². The normalized spacial score (nSPS) is 9.83. The third-order valence-electron chi connectivity index (χ3n) is 1.64. The molecule has 0 aliphatic rings. The second kappa shape index (κ2) is 3.97. The highest BCUT2D eigenvalue weighted by molar-refractivity contribution is 5.93. The molecule has 3 nitrogen and oxygen atoms in total. The Kier molecular flexibility index (Phi) is 2.94. The SMILES string of the molecule is CCC(=O)c1ccc(C[NH])cn1. The minimum absolute atomic E-state index is 0.0477. The van der Waals surface area contributed by atoms with E-state index >= 15 is 0 Å². The average molecular weight is 163 g/mol. The fourth-order valence-electron chi connectivity index (χ4n) is 0.875. The van der Waals surface area contributed by atoms with E-state index in [0.29, 0.717) is 12.1 Å². The van der Waals surface area contributed by atoms with Crippen molar-refractivity contribution >= 4 is 5.78 Å². The quantitative estimate of drug-likeness (QED) is 0.633. The standard InChI is InChI=1S/C9H11N2O/c1-2-9(12)8-4-3-7(5-10)6-11-8/h3-4,6,10H,2,5H2,1H3. The van der Waals surface area contributed by atoms with Gasteiger partial charge in [-0.3, -0.25) is 15.5 Å². The van der Waals surface area contributed by atoms with Gasteiger partial charge in [-0.1, -0.05) is 13.0 Å². The van der Waals surface area contributed by atoms with Gasteiger partial charge in [0, 0.05) is 19.2 Å². The van der Waals surface area contributed by atoms with E-state index < -0.39 is 0 Å². The Bertz CT molecular complexity index is 266. The number of ketones is 1. The predicted molar refractivity (Wildman–Crippen MR) is 45.7 cm³/mol. The maximum atomic E-state index is 11.1. The summed E-state index contributed by atoms with van der Waals surface area (Å²) in [6, 6.07) is 3.44. The van der Waals surface area contributed by atoms with Gasteiger partial charge in [-0.25, -0.2) is 0 Å². The molecular weight excluding hydrogens is 152 g/mol. The Morgan fingerprint density at radius 3 is 2.75 bits per heavy atom. The van der Waals surface area contributed by atoms with Gasteiger partial charge in [-0.2, -0.15) is 0 Å². The Morgan fingerprint density at radius 1 is 1.58 bits per heavy atom. The van der Waals surface area contributed by atoms with Crippen LogP contribution in [0.1, 0.15) is 29.4 Å². The lowest BCUT2D eigenvalue weighted by Gasteiger charge is -1.97. The first-order valence-corrected chi connectivity index (χ1v) is 3.90. The van der Waals surface area contributed by atoms with Crippen LogP contribution in [0.2, 0.25) is 0 Å². The summed E-state index contributed by atoms with van der Waals surface area (Å²) in [7, 11) is 0. The summed E-state index contributed by atoms with van der Waals surface area (Å²) in [4.78, 5) is 15.1. The number of carbonyl (C=O) groups is 1. The molecule has 0 spiro atoms. The number of rotatable bonds is 3. The monoisotopic (exact) mass is 163 g/mol. The van der Waals surface area contributed by atoms with Crippen molar-refractivity contribution in [3.63, 3.8) is 0 Å². The third-order valence-corrected chi connectivity index (χ3v) is 1.64. The van der Waals surface area contributed by atoms with Crippen LogP contribution in [0.15, 0.2) is 18.3 Å². The Labute approximate surface area is 71.6 Å². The summed E-state index contributed by atoms with van der Waals surface area (Å²) in [5.41, 5.74) is 8.37. The fourth-order valence-corrected chi connectivity index (χ4v) is 0.875. The van der Waals surface area contributed by atoms with Crippen LogP contribution in [0, 0.1) is 0 Å². The molecule has 0 aliphatic heterocycles. The van der Waals surface area contributed by atoms with Crippen LogP contribution in [0.5, 0.6) is 0 Å². The van der Waals surface area contributed by atoms with Gasteiger partial charge in [0.05, 0.1) is 0 Å². The minimum atomic E-state index is 0.0477. The molecular formula is C9H11N2O. The fraction of sp³-hybridized carbons (Fsp3) is 0.333. The van der Waals surface area contributed by atoms with Gasteiger partial charge in [-0.05, 0) is 11.6 Å². The molecule has 1 radical (unpaired) electrons. The lowest BCUT2D eigenvalue weighted by molar-refractivity contribution is 0.0983. The molecule has 0 saturated heterocycles. The van der Waals surface area contributed by atoms with Crippen molar-refractivity contribution in [3.05, 3.63) is 29.6 Å². The molecule has 12 heavy (non-hydrogen) atoms. The zero-order valence-electron chi connectivity index (χ0n) is 7.00. The molecule has 0 atom stereocenters. The summed E-state index contributed by atoms with van der Waals surface area (Å²) >= 11 is 0. The first-order valence-electron chi connectivity index (χ1n) is 3.90. The molecule has 1 rings (SSSR count). The minimum Gasteiger partial charge on any atom is -0.292 e. The number of hydrogen-bond donors (Lipinski definition) is 0. The van der Waals surface area contributed by atoms with Crippen molar-refractivity contribution in [2.24, 2.45) is 0 Å². The van der Waals surface area contributed by atoms with Crippen LogP contribution in [-0.2, 0) is 6.54 Å². The molecule has 0 fully saturated rings. The van der Waals surface area contributed by atoms with Crippen LogP contribution in [0.3, 0.4) is 0 Å². The molecule has 0 amide bonds. The molecule has 0 bridgehead atoms. The number of Topliss-reactive ketones (excluding diaryl/α,β-unsaturated/α-hetero) is 1. The molecule has 3 heteroatoms. The topological polar surface area (TPSA) is 53.8 Å². The number of hydrogen-bond acceptors (Lipinski definition) is 2. The Morgan fingerprint density at radius 2 is 2.33 bits per heavy atom. The van der Waals surface area contributed by atoms with E-state index in [4.69, 9.17) is 5.73 Å². The Balaban J connectivity index is 2.84. The zero-order chi connectivity index (χ0) is 8.97. The van der Waals surface area contributed by atoms with E-state index in [1.54, 1.807) is 18.3 Å². The highest BCUT2D eigenvalue weighted by Crippen LogP contribution is 2.02. The number of pyridine rings is 1. The largest absolute Gasteiger partial charge is 0.292 e. The van der Waals surface area contributed by atoms with Gasteiger partial charge in [0.2, 0.25) is 0 Å². The van der Waals surface area contributed by atoms with E-state index in [-0.39, 0.29) is 12.3 Å². The van der Waals surface area contributed by atoms with E-state index in [1.165, 1.54) is 0 Å². The summed E-state index contributed by atoms with van der Waals surface area (Å²) in [5, 5.41) is 0. The van der Waals surface area contributed by atoms with Gasteiger partial charge in [0.1, 0.15) is 5.69 Å². The van der Waals surface area contributed by atoms with Crippen molar-refractivity contribution < 1.29 is 4.79 Å². The van der Waals surface area contributed by atoms with Gasteiger partial charge in [-0.15, -0.1) is 0 Å². The molecule has 1 aromatic heterocycles. The smallest absolute Gasteiger partial charge is 0.180 e. The number of carbonyl (C=O) groups excluding carboxylic acids is 1. The molecule has 1 N–H and O–H groups in total. The molecule has 0 saturated carbocycles. The molecule has 0 unspecified atom stereocenters. The van der Waals surface area contributed by atoms with Crippen molar-refractivity contribution in [3.8, 4) is 0 Å². The van der Waals surface area contributed by atoms with Crippen molar-refractivity contribution in [2.45, 2.75) is 19.9 Å². The van der Waals surface area contributed by atoms with E-state index in [9.17, 15) is 4.79 Å². The second-order valence-electron chi connectivity index (χ2n) is 2.51. The van der Waals surface area contributed by atoms with Crippen LogP contribution < -0.4 is 5.73 Å². The van der Waals surface area contributed by atoms with E-state index in [0.717, 1.165) is 5.56 Å². The maximum absolute atomic E-state index is 11.1. The molecule has 0 aromatic carbocycles. The summed E-state index contributed by atoms with van der Waals surface area (Å²) in [6.45, 7) is 2.02. The summed E-state index contributed by atoms with van der Waals surface area (Å²) in [6.07, 6.45) is 2.06.